The Kier molecular flexibility index (Phi) is 6.68. The van der Waals surface area contributed by atoms with Gasteiger partial charge in [0, 0.05) is 53.3 Å². The van der Waals surface area contributed by atoms with E-state index in [9.17, 15) is 0 Å². The topological polar surface area (TPSA) is 30.7 Å². The number of aromatic nitrogens is 3. The average molecular weight is 656 g/mol. The zero-order valence-corrected chi connectivity index (χ0v) is 27.8. The van der Waals surface area contributed by atoms with Crippen LogP contribution < -0.4 is 0 Å². The second kappa shape index (κ2) is 11.7. The molecule has 0 aliphatic carbocycles. The van der Waals surface area contributed by atoms with Crippen LogP contribution in [0.1, 0.15) is 0 Å². The van der Waals surface area contributed by atoms with Gasteiger partial charge >= 0.3 is 0 Å². The Morgan fingerprint density at radius 2 is 1.00 bits per heavy atom. The Morgan fingerprint density at radius 1 is 0.400 bits per heavy atom. The summed E-state index contributed by atoms with van der Waals surface area (Å²) < 4.78 is 5.04. The second-order valence-corrected chi connectivity index (χ2v) is 13.7. The molecule has 0 amide bonds. The van der Waals surface area contributed by atoms with Crippen LogP contribution in [0.2, 0.25) is 0 Å². The number of benzene rings is 7. The highest BCUT2D eigenvalue weighted by atomic mass is 32.1. The zero-order valence-electron chi connectivity index (χ0n) is 27.0. The lowest BCUT2D eigenvalue weighted by atomic mass is 10.0. The minimum absolute atomic E-state index is 0.706. The molecule has 10 aromatic rings. The quantitative estimate of drug-likeness (QED) is 0.185. The molecule has 0 atom stereocenters. The second-order valence-electron chi connectivity index (χ2n) is 12.6. The average Bonchev–Trinajstić information content (AvgIpc) is 3.74. The first-order chi connectivity index (χ1) is 24.8. The van der Waals surface area contributed by atoms with Crippen molar-refractivity contribution in [1.82, 2.24) is 14.5 Å². The van der Waals surface area contributed by atoms with Gasteiger partial charge in [-0.05, 0) is 65.7 Å². The summed E-state index contributed by atoms with van der Waals surface area (Å²) >= 11 is 1.86. The van der Waals surface area contributed by atoms with Crippen molar-refractivity contribution in [2.75, 3.05) is 0 Å². The van der Waals surface area contributed by atoms with E-state index in [2.05, 4.69) is 168 Å². The summed E-state index contributed by atoms with van der Waals surface area (Å²) in [4.78, 5) is 10.2. The van der Waals surface area contributed by atoms with Gasteiger partial charge in [-0.25, -0.2) is 9.97 Å². The standard InChI is InChI=1S/C46H29N3S/c1-4-12-30(13-5-1)34-22-26-41-38(28-34)36-25-27-43-44(37-18-10-11-19-42(37)50-43)45(36)49(41)35-23-20-33(21-24-35)46-47-39(31-14-6-2-7-15-31)29-40(48-46)32-16-8-3-9-17-32/h1-29H. The van der Waals surface area contributed by atoms with E-state index < -0.39 is 0 Å². The molecule has 0 saturated heterocycles. The Hall–Kier alpha value is -6.36. The van der Waals surface area contributed by atoms with Crippen molar-refractivity contribution >= 4 is 53.3 Å². The summed E-state index contributed by atoms with van der Waals surface area (Å²) in [5.74, 6) is 0.706. The first-order valence-corrected chi connectivity index (χ1v) is 17.6. The lowest BCUT2D eigenvalue weighted by molar-refractivity contribution is 1.17. The number of thiophene rings is 1. The van der Waals surface area contributed by atoms with Crippen molar-refractivity contribution < 1.29 is 0 Å². The molecule has 0 saturated carbocycles. The van der Waals surface area contributed by atoms with Crippen LogP contribution in [0.15, 0.2) is 176 Å². The van der Waals surface area contributed by atoms with Crippen LogP contribution in [0.25, 0.3) is 92.7 Å². The van der Waals surface area contributed by atoms with Crippen molar-refractivity contribution in [3.63, 3.8) is 0 Å². The molecule has 3 nitrogen and oxygen atoms in total. The molecule has 234 valence electrons. The molecule has 3 heterocycles. The molecule has 0 radical (unpaired) electrons. The zero-order chi connectivity index (χ0) is 33.0. The van der Waals surface area contributed by atoms with Gasteiger partial charge in [0.25, 0.3) is 0 Å². The van der Waals surface area contributed by atoms with Gasteiger partial charge in [0.2, 0.25) is 0 Å². The maximum Gasteiger partial charge on any atom is 0.160 e. The summed E-state index contributed by atoms with van der Waals surface area (Å²) in [6.45, 7) is 0. The van der Waals surface area contributed by atoms with Crippen LogP contribution in [-0.4, -0.2) is 14.5 Å². The number of hydrogen-bond acceptors (Lipinski definition) is 3. The number of rotatable bonds is 5. The lowest BCUT2D eigenvalue weighted by Gasteiger charge is -2.12. The van der Waals surface area contributed by atoms with Crippen LogP contribution in [0.5, 0.6) is 0 Å². The molecule has 0 aliphatic heterocycles. The molecule has 0 aliphatic rings. The summed E-state index contributed by atoms with van der Waals surface area (Å²) in [6, 6.07) is 62.4. The largest absolute Gasteiger partial charge is 0.309 e. The van der Waals surface area contributed by atoms with Crippen molar-refractivity contribution in [3.8, 4) is 50.7 Å². The van der Waals surface area contributed by atoms with Gasteiger partial charge in [-0.15, -0.1) is 11.3 Å². The smallest absolute Gasteiger partial charge is 0.160 e. The van der Waals surface area contributed by atoms with E-state index in [-0.39, 0.29) is 0 Å². The van der Waals surface area contributed by atoms with Gasteiger partial charge < -0.3 is 4.57 Å². The van der Waals surface area contributed by atoms with Crippen molar-refractivity contribution in [2.24, 2.45) is 0 Å². The maximum atomic E-state index is 5.08. The van der Waals surface area contributed by atoms with E-state index in [0.29, 0.717) is 5.82 Å². The normalized spacial score (nSPS) is 11.6. The first kappa shape index (κ1) is 28.6. The molecular weight excluding hydrogens is 627 g/mol. The predicted octanol–water partition coefficient (Wildman–Crippen LogP) is 12.6. The summed E-state index contributed by atoms with van der Waals surface area (Å²) in [5.41, 5.74) is 10.9. The third-order valence-corrected chi connectivity index (χ3v) is 10.8. The van der Waals surface area contributed by atoms with E-state index in [1.54, 1.807) is 0 Å². The monoisotopic (exact) mass is 655 g/mol. The van der Waals surface area contributed by atoms with Crippen molar-refractivity contribution in [1.29, 1.82) is 0 Å². The Morgan fingerprint density at radius 3 is 1.68 bits per heavy atom. The van der Waals surface area contributed by atoms with E-state index >= 15 is 0 Å². The fourth-order valence-electron chi connectivity index (χ4n) is 7.24. The number of fused-ring (bicyclic) bond motifs is 7. The van der Waals surface area contributed by atoms with Gasteiger partial charge in [-0.2, -0.15) is 0 Å². The van der Waals surface area contributed by atoms with Crippen LogP contribution >= 0.6 is 11.3 Å². The maximum absolute atomic E-state index is 5.08. The van der Waals surface area contributed by atoms with Crippen LogP contribution in [-0.2, 0) is 0 Å². The molecule has 0 bridgehead atoms. The highest BCUT2D eigenvalue weighted by molar-refractivity contribution is 7.26. The molecular formula is C46H29N3S. The van der Waals surface area contributed by atoms with Gasteiger partial charge in [0.05, 0.1) is 22.4 Å². The molecule has 3 aromatic heterocycles. The summed E-state index contributed by atoms with van der Waals surface area (Å²) in [5, 5.41) is 5.09. The third-order valence-electron chi connectivity index (χ3n) is 9.62. The van der Waals surface area contributed by atoms with Gasteiger partial charge in [-0.1, -0.05) is 121 Å². The molecule has 50 heavy (non-hydrogen) atoms. The molecule has 0 unspecified atom stereocenters. The fourth-order valence-corrected chi connectivity index (χ4v) is 8.35. The summed E-state index contributed by atoms with van der Waals surface area (Å²) in [6.07, 6.45) is 0. The SMILES string of the molecule is c1ccc(-c2ccc3c(c2)c2ccc4sc5ccccc5c4c2n3-c2ccc(-c3nc(-c4ccccc4)cc(-c4ccccc4)n3)cc2)cc1. The molecule has 0 fully saturated rings. The Labute approximate surface area is 293 Å². The fraction of sp³-hybridized carbons (Fsp3) is 0. The van der Waals surface area contributed by atoms with Crippen molar-refractivity contribution in [2.45, 2.75) is 0 Å². The van der Waals surface area contributed by atoms with Crippen LogP contribution in [0.4, 0.5) is 0 Å². The Balaban J connectivity index is 1.18. The van der Waals surface area contributed by atoms with E-state index in [0.717, 1.165) is 33.8 Å². The molecule has 10 rings (SSSR count). The highest BCUT2D eigenvalue weighted by Crippen LogP contribution is 2.44. The van der Waals surface area contributed by atoms with Gasteiger partial charge in [0.1, 0.15) is 0 Å². The van der Waals surface area contributed by atoms with Crippen molar-refractivity contribution in [3.05, 3.63) is 176 Å². The third kappa shape index (κ3) is 4.73. The molecule has 0 spiro atoms. The minimum Gasteiger partial charge on any atom is -0.309 e. The van der Waals surface area contributed by atoms with Crippen LogP contribution in [0, 0.1) is 0 Å². The van der Waals surface area contributed by atoms with E-state index in [1.807, 2.05) is 23.5 Å². The molecule has 4 heteroatoms. The number of nitrogens with zero attached hydrogens (tertiary/aromatic N) is 3. The van der Waals surface area contributed by atoms with Gasteiger partial charge in [-0.3, -0.25) is 0 Å². The van der Waals surface area contributed by atoms with E-state index in [1.165, 1.54) is 53.1 Å². The summed E-state index contributed by atoms with van der Waals surface area (Å²) in [7, 11) is 0. The molecule has 0 N–H and O–H groups in total. The molecule has 7 aromatic carbocycles. The van der Waals surface area contributed by atoms with Gasteiger partial charge in [0.15, 0.2) is 5.82 Å². The van der Waals surface area contributed by atoms with E-state index in [4.69, 9.17) is 9.97 Å². The lowest BCUT2D eigenvalue weighted by Crippen LogP contribution is -1.97. The number of hydrogen-bond donors (Lipinski definition) is 0. The Bertz CT molecular complexity index is 2780. The minimum atomic E-state index is 0.706. The predicted molar refractivity (Wildman–Crippen MR) is 211 cm³/mol. The first-order valence-electron chi connectivity index (χ1n) is 16.8. The highest BCUT2D eigenvalue weighted by Gasteiger charge is 2.19. The van der Waals surface area contributed by atoms with Crippen LogP contribution in [0.3, 0.4) is 0 Å².